The number of pyridine rings is 2. The first kappa shape index (κ1) is 26.8. The van der Waals surface area contributed by atoms with E-state index in [1.165, 1.54) is 29.3 Å². The van der Waals surface area contributed by atoms with E-state index in [1.54, 1.807) is 40.6 Å². The van der Waals surface area contributed by atoms with Gasteiger partial charge in [-0.15, -0.1) is 0 Å². The monoisotopic (exact) mass is 587 g/mol. The van der Waals surface area contributed by atoms with Crippen LogP contribution >= 0.6 is 0 Å². The van der Waals surface area contributed by atoms with Crippen molar-refractivity contribution in [3.05, 3.63) is 89.3 Å². The molecule has 2 fully saturated rings. The summed E-state index contributed by atoms with van der Waals surface area (Å²) >= 11 is 0. The predicted molar refractivity (Wildman–Crippen MR) is 152 cm³/mol. The number of sulfonamides is 1. The van der Waals surface area contributed by atoms with Gasteiger partial charge < -0.3 is 0 Å². The molecule has 7 rings (SSSR count). The van der Waals surface area contributed by atoms with Crippen molar-refractivity contribution in [1.82, 2.24) is 33.8 Å². The van der Waals surface area contributed by atoms with Gasteiger partial charge in [0.2, 0.25) is 16.0 Å². The van der Waals surface area contributed by atoms with Gasteiger partial charge in [-0.2, -0.15) is 18.9 Å². The molecule has 216 valence electrons. The van der Waals surface area contributed by atoms with Gasteiger partial charge in [0.1, 0.15) is 10.6 Å². The van der Waals surface area contributed by atoms with Gasteiger partial charge in [-0.1, -0.05) is 5.57 Å². The summed E-state index contributed by atoms with van der Waals surface area (Å²) < 4.78 is 46.3. The van der Waals surface area contributed by atoms with E-state index >= 15 is 0 Å². The highest BCUT2D eigenvalue weighted by molar-refractivity contribution is 7.89. The predicted octanol–water partition coefficient (Wildman–Crippen LogP) is 4.06. The summed E-state index contributed by atoms with van der Waals surface area (Å²) in [5.41, 5.74) is 3.54. The SMILES string of the molecule is Cc1ccnc(C(=O)[C@]23Cc4cnn(-c5ccc(F)nc5)c4C=C2CC[C@H](N(C2CC2)S(=O)(=O)c2cnn(C)c2)C3)c1. The van der Waals surface area contributed by atoms with E-state index in [-0.39, 0.29) is 22.8 Å². The van der Waals surface area contributed by atoms with Crippen LogP contribution in [0.1, 0.15) is 59.4 Å². The summed E-state index contributed by atoms with van der Waals surface area (Å²) in [6.07, 6.45) is 13.1. The molecule has 0 N–H and O–H groups in total. The minimum atomic E-state index is -3.82. The zero-order valence-corrected chi connectivity index (χ0v) is 24.1. The number of nitrogens with zero attached hydrogens (tertiary/aromatic N) is 7. The second-order valence-electron chi connectivity index (χ2n) is 11.6. The summed E-state index contributed by atoms with van der Waals surface area (Å²) in [7, 11) is -2.13. The first-order chi connectivity index (χ1) is 20.2. The molecule has 4 heterocycles. The fourth-order valence-corrected chi connectivity index (χ4v) is 8.46. The summed E-state index contributed by atoms with van der Waals surface area (Å²) in [6, 6.07) is 6.09. The minimum Gasteiger partial charge on any atom is -0.291 e. The molecule has 3 aliphatic rings. The third-order valence-corrected chi connectivity index (χ3v) is 10.7. The molecule has 0 spiro atoms. The zero-order chi connectivity index (χ0) is 29.2. The summed E-state index contributed by atoms with van der Waals surface area (Å²) in [6.45, 7) is 1.92. The Morgan fingerprint density at radius 1 is 1.07 bits per heavy atom. The number of Topliss-reactive ketones (excluding diaryl/α,β-unsaturated/α-hetero) is 1. The molecule has 0 aromatic carbocycles. The molecule has 0 bridgehead atoms. The van der Waals surface area contributed by atoms with Crippen molar-refractivity contribution in [2.24, 2.45) is 12.5 Å². The Labute approximate surface area is 243 Å². The Morgan fingerprint density at radius 2 is 1.90 bits per heavy atom. The second-order valence-corrected chi connectivity index (χ2v) is 13.4. The molecule has 0 aliphatic heterocycles. The molecule has 0 unspecified atom stereocenters. The van der Waals surface area contributed by atoms with Gasteiger partial charge in [0.05, 0.1) is 35.4 Å². The van der Waals surface area contributed by atoms with E-state index in [2.05, 4.69) is 20.2 Å². The van der Waals surface area contributed by atoms with Gasteiger partial charge in [0.15, 0.2) is 5.78 Å². The van der Waals surface area contributed by atoms with Crippen molar-refractivity contribution in [2.75, 3.05) is 0 Å². The van der Waals surface area contributed by atoms with Gasteiger partial charge in [-0.3, -0.25) is 14.5 Å². The van der Waals surface area contributed by atoms with E-state index in [9.17, 15) is 17.6 Å². The van der Waals surface area contributed by atoms with Crippen LogP contribution in [-0.2, 0) is 23.5 Å². The Balaban J connectivity index is 1.32. The number of fused-ring (bicyclic) bond motifs is 2. The molecule has 2 saturated carbocycles. The van der Waals surface area contributed by atoms with E-state index in [0.29, 0.717) is 37.1 Å². The molecular weight excluding hydrogens is 557 g/mol. The molecule has 2 atom stereocenters. The van der Waals surface area contributed by atoms with Crippen LogP contribution in [0, 0.1) is 18.3 Å². The normalized spacial score (nSPS) is 22.0. The summed E-state index contributed by atoms with van der Waals surface area (Å²) in [5.74, 6) is -0.688. The highest BCUT2D eigenvalue weighted by atomic mass is 32.2. The van der Waals surface area contributed by atoms with Crippen LogP contribution in [0.4, 0.5) is 4.39 Å². The van der Waals surface area contributed by atoms with Crippen molar-refractivity contribution >= 4 is 21.9 Å². The third-order valence-electron chi connectivity index (χ3n) is 8.70. The van der Waals surface area contributed by atoms with Gasteiger partial charge in [-0.05, 0) is 86.9 Å². The maximum absolute atomic E-state index is 14.5. The van der Waals surface area contributed by atoms with E-state index in [1.807, 2.05) is 19.1 Å². The average Bonchev–Trinajstić information content (AvgIpc) is 3.55. The Hall–Kier alpha value is -4.03. The van der Waals surface area contributed by atoms with Crippen molar-refractivity contribution in [1.29, 1.82) is 0 Å². The van der Waals surface area contributed by atoms with Crippen LogP contribution < -0.4 is 0 Å². The van der Waals surface area contributed by atoms with Crippen LogP contribution in [0.3, 0.4) is 0 Å². The lowest BCUT2D eigenvalue weighted by atomic mass is 9.60. The lowest BCUT2D eigenvalue weighted by Crippen LogP contribution is -2.51. The average molecular weight is 588 g/mol. The van der Waals surface area contributed by atoms with Crippen molar-refractivity contribution in [2.45, 2.75) is 62.4 Å². The molecule has 0 amide bonds. The maximum Gasteiger partial charge on any atom is 0.246 e. The number of carbonyl (C=O) groups is 1. The molecular formula is C30H30FN7O3S. The summed E-state index contributed by atoms with van der Waals surface area (Å²) in [4.78, 5) is 22.9. The van der Waals surface area contributed by atoms with Crippen molar-refractivity contribution < 1.29 is 17.6 Å². The standard InChI is InChI=1S/C30H30FN7O3S/c1-19-9-10-32-26(11-19)29(39)30-13-20-15-35-37(24-7-8-28(31)33-16-24)27(20)12-21(30)3-4-23(14-30)38(22-5-6-22)42(40,41)25-17-34-36(2)18-25/h7-12,15-18,22-23H,3-6,13-14H2,1-2H3/t23-,30-/m0/s1. The van der Waals surface area contributed by atoms with Crippen LogP contribution in [0.15, 0.2) is 65.7 Å². The van der Waals surface area contributed by atoms with Crippen LogP contribution in [-0.4, -0.2) is 60.1 Å². The van der Waals surface area contributed by atoms with E-state index in [0.717, 1.165) is 35.2 Å². The number of halogens is 1. The Morgan fingerprint density at radius 3 is 2.60 bits per heavy atom. The van der Waals surface area contributed by atoms with Crippen molar-refractivity contribution in [3.63, 3.8) is 0 Å². The van der Waals surface area contributed by atoms with Gasteiger partial charge in [0, 0.05) is 31.5 Å². The molecule has 10 nitrogen and oxygen atoms in total. The first-order valence-corrected chi connectivity index (χ1v) is 15.5. The third kappa shape index (κ3) is 4.40. The minimum absolute atomic E-state index is 0.0946. The lowest BCUT2D eigenvalue weighted by molar-refractivity contribution is 0.0733. The Bertz CT molecular complexity index is 1840. The van der Waals surface area contributed by atoms with Gasteiger partial charge in [-0.25, -0.2) is 18.1 Å². The summed E-state index contributed by atoms with van der Waals surface area (Å²) in [5, 5.41) is 8.68. The molecule has 4 aromatic rings. The maximum atomic E-state index is 14.5. The number of hydrogen-bond acceptors (Lipinski definition) is 7. The Kier molecular flexibility index (Phi) is 6.24. The van der Waals surface area contributed by atoms with Gasteiger partial charge >= 0.3 is 0 Å². The van der Waals surface area contributed by atoms with Crippen LogP contribution in [0.2, 0.25) is 0 Å². The fraction of sp³-hybridized carbons (Fsp3) is 0.367. The molecule has 4 aromatic heterocycles. The highest BCUT2D eigenvalue weighted by Crippen LogP contribution is 2.52. The second kappa shape index (κ2) is 9.77. The molecule has 0 radical (unpaired) electrons. The largest absolute Gasteiger partial charge is 0.291 e. The van der Waals surface area contributed by atoms with E-state index in [4.69, 9.17) is 0 Å². The number of carbonyl (C=O) groups excluding carboxylic acids is 1. The topological polar surface area (TPSA) is 116 Å². The number of allylic oxidation sites excluding steroid dienone is 1. The number of aryl methyl sites for hydroxylation is 2. The molecule has 12 heteroatoms. The zero-order valence-electron chi connectivity index (χ0n) is 23.3. The number of hydrogen-bond donors (Lipinski definition) is 0. The van der Waals surface area contributed by atoms with Crippen LogP contribution in [0.5, 0.6) is 0 Å². The van der Waals surface area contributed by atoms with Gasteiger partial charge in [0.25, 0.3) is 0 Å². The molecule has 42 heavy (non-hydrogen) atoms. The van der Waals surface area contributed by atoms with Crippen molar-refractivity contribution in [3.8, 4) is 5.69 Å². The smallest absolute Gasteiger partial charge is 0.246 e. The van der Waals surface area contributed by atoms with E-state index < -0.39 is 21.4 Å². The number of ketones is 1. The quantitative estimate of drug-likeness (QED) is 0.237. The lowest BCUT2D eigenvalue weighted by Gasteiger charge is -2.46. The number of rotatable bonds is 7. The first-order valence-electron chi connectivity index (χ1n) is 14.1. The van der Waals surface area contributed by atoms with Crippen LogP contribution in [0.25, 0.3) is 11.8 Å². The molecule has 0 saturated heterocycles. The fourth-order valence-electron chi connectivity index (χ4n) is 6.58. The molecule has 3 aliphatic carbocycles. The highest BCUT2D eigenvalue weighted by Gasteiger charge is 2.53. The number of aromatic nitrogens is 6.